The molecule has 0 radical (unpaired) electrons. The zero-order valence-corrected chi connectivity index (χ0v) is 13.5. The number of carbonyl (C=O) groups is 1. The third-order valence-electron chi connectivity index (χ3n) is 3.68. The molecule has 3 aromatic carbocycles. The maximum atomic E-state index is 13.8. The first-order valence-corrected chi connectivity index (χ1v) is 7.77. The Morgan fingerprint density at radius 3 is 2.31 bits per heavy atom. The van der Waals surface area contributed by atoms with Gasteiger partial charge in [0, 0.05) is 11.1 Å². The molecule has 0 saturated carbocycles. The van der Waals surface area contributed by atoms with E-state index >= 15 is 0 Å². The number of amides is 1. The molecule has 3 rings (SSSR count). The van der Waals surface area contributed by atoms with Crippen molar-refractivity contribution in [1.29, 1.82) is 0 Å². The van der Waals surface area contributed by atoms with Gasteiger partial charge < -0.3 is 10.1 Å². The lowest BCUT2D eigenvalue weighted by Crippen LogP contribution is -2.16. The Kier molecular flexibility index (Phi) is 5.22. The van der Waals surface area contributed by atoms with Gasteiger partial charge in [-0.2, -0.15) is 0 Å². The maximum Gasteiger partial charge on any atom is 0.256 e. The van der Waals surface area contributed by atoms with Crippen LogP contribution in [-0.4, -0.2) is 5.91 Å². The molecule has 1 N–H and O–H groups in total. The zero-order chi connectivity index (χ0) is 18.5. The van der Waals surface area contributed by atoms with Crippen LogP contribution in [0.4, 0.5) is 18.9 Å². The Labute approximate surface area is 148 Å². The third-order valence-corrected chi connectivity index (χ3v) is 3.68. The van der Waals surface area contributed by atoms with E-state index in [9.17, 15) is 18.0 Å². The number of para-hydroxylation sites is 1. The van der Waals surface area contributed by atoms with E-state index in [-0.39, 0.29) is 12.2 Å². The second-order valence-electron chi connectivity index (χ2n) is 5.44. The van der Waals surface area contributed by atoms with Gasteiger partial charge >= 0.3 is 0 Å². The van der Waals surface area contributed by atoms with Crippen molar-refractivity contribution in [3.05, 3.63) is 95.3 Å². The minimum atomic E-state index is -1.64. The highest BCUT2D eigenvalue weighted by Crippen LogP contribution is 2.21. The van der Waals surface area contributed by atoms with Gasteiger partial charge in [-0.1, -0.05) is 36.4 Å². The summed E-state index contributed by atoms with van der Waals surface area (Å²) in [6, 6.07) is 17.4. The standard InChI is InChI=1S/C20H14F3NO2/c21-16-10-11-17(19(23)18(16)22)24-20(25)15-9-5-4-6-13(15)12-26-14-7-2-1-3-8-14/h1-11H,12H2,(H,24,25). The minimum Gasteiger partial charge on any atom is -0.489 e. The summed E-state index contributed by atoms with van der Waals surface area (Å²) in [6.45, 7) is 0.119. The van der Waals surface area contributed by atoms with Crippen LogP contribution in [0.15, 0.2) is 66.7 Å². The molecule has 1 amide bonds. The van der Waals surface area contributed by atoms with Gasteiger partial charge in [0.1, 0.15) is 12.4 Å². The lowest BCUT2D eigenvalue weighted by Gasteiger charge is -2.12. The van der Waals surface area contributed by atoms with Gasteiger partial charge in [-0.05, 0) is 30.3 Å². The van der Waals surface area contributed by atoms with Crippen LogP contribution in [-0.2, 0) is 6.61 Å². The molecule has 0 aromatic heterocycles. The first-order chi connectivity index (χ1) is 12.6. The maximum absolute atomic E-state index is 13.8. The number of carbonyl (C=O) groups excluding carboxylic acids is 1. The van der Waals surface area contributed by atoms with Crippen LogP contribution in [0.25, 0.3) is 0 Å². The molecule has 0 spiro atoms. The molecule has 0 aliphatic rings. The highest BCUT2D eigenvalue weighted by atomic mass is 19.2. The molecular weight excluding hydrogens is 343 g/mol. The summed E-state index contributed by atoms with van der Waals surface area (Å²) in [5.74, 6) is -4.42. The van der Waals surface area contributed by atoms with Crippen molar-refractivity contribution in [2.75, 3.05) is 5.32 Å². The van der Waals surface area contributed by atoms with Crippen LogP contribution in [0.5, 0.6) is 5.75 Å². The van der Waals surface area contributed by atoms with Crippen LogP contribution in [0.3, 0.4) is 0 Å². The number of benzene rings is 3. The average molecular weight is 357 g/mol. The number of hydrogen-bond acceptors (Lipinski definition) is 2. The molecule has 26 heavy (non-hydrogen) atoms. The fourth-order valence-corrected chi connectivity index (χ4v) is 2.36. The molecule has 6 heteroatoms. The van der Waals surface area contributed by atoms with Crippen molar-refractivity contribution in [2.45, 2.75) is 6.61 Å². The number of nitrogens with one attached hydrogen (secondary N) is 1. The van der Waals surface area contributed by atoms with E-state index in [4.69, 9.17) is 4.74 Å². The van der Waals surface area contributed by atoms with Crippen molar-refractivity contribution in [3.8, 4) is 5.75 Å². The number of halogens is 3. The van der Waals surface area contributed by atoms with Gasteiger partial charge in [-0.3, -0.25) is 4.79 Å². The molecule has 3 aromatic rings. The van der Waals surface area contributed by atoms with Crippen molar-refractivity contribution >= 4 is 11.6 Å². The van der Waals surface area contributed by atoms with Crippen molar-refractivity contribution in [3.63, 3.8) is 0 Å². The third kappa shape index (κ3) is 3.85. The van der Waals surface area contributed by atoms with Crippen molar-refractivity contribution in [2.24, 2.45) is 0 Å². The highest BCUT2D eigenvalue weighted by Gasteiger charge is 2.17. The average Bonchev–Trinajstić information content (AvgIpc) is 2.68. The van der Waals surface area contributed by atoms with E-state index in [1.54, 1.807) is 30.3 Å². The van der Waals surface area contributed by atoms with E-state index < -0.39 is 29.0 Å². The van der Waals surface area contributed by atoms with Crippen molar-refractivity contribution in [1.82, 2.24) is 0 Å². The quantitative estimate of drug-likeness (QED) is 0.657. The summed E-state index contributed by atoms with van der Waals surface area (Å²) < 4.78 is 45.7. The number of hydrogen-bond donors (Lipinski definition) is 1. The summed E-state index contributed by atoms with van der Waals surface area (Å²) in [5, 5.41) is 2.26. The van der Waals surface area contributed by atoms with E-state index in [0.29, 0.717) is 11.3 Å². The van der Waals surface area contributed by atoms with Gasteiger partial charge in [-0.15, -0.1) is 0 Å². The van der Waals surface area contributed by atoms with E-state index in [2.05, 4.69) is 5.32 Å². The highest BCUT2D eigenvalue weighted by molar-refractivity contribution is 6.05. The monoisotopic (exact) mass is 357 g/mol. The summed E-state index contributed by atoms with van der Waals surface area (Å²) in [4.78, 5) is 12.4. The molecule has 0 aliphatic heterocycles. The van der Waals surface area contributed by atoms with Gasteiger partial charge in [0.2, 0.25) is 0 Å². The number of ether oxygens (including phenoxy) is 1. The van der Waals surface area contributed by atoms with Crippen LogP contribution < -0.4 is 10.1 Å². The Morgan fingerprint density at radius 2 is 1.54 bits per heavy atom. The van der Waals surface area contributed by atoms with Crippen molar-refractivity contribution < 1.29 is 22.7 Å². The summed E-state index contributed by atoms with van der Waals surface area (Å²) >= 11 is 0. The smallest absolute Gasteiger partial charge is 0.256 e. The zero-order valence-electron chi connectivity index (χ0n) is 13.5. The predicted octanol–water partition coefficient (Wildman–Crippen LogP) is 4.94. The molecule has 0 fully saturated rings. The molecule has 3 nitrogen and oxygen atoms in total. The fourth-order valence-electron chi connectivity index (χ4n) is 2.36. The van der Waals surface area contributed by atoms with E-state index in [0.717, 1.165) is 12.1 Å². The largest absolute Gasteiger partial charge is 0.489 e. The second-order valence-corrected chi connectivity index (χ2v) is 5.44. The van der Waals surface area contributed by atoms with Crippen LogP contribution >= 0.6 is 0 Å². The predicted molar refractivity (Wildman–Crippen MR) is 91.5 cm³/mol. The van der Waals surface area contributed by atoms with Gasteiger partial charge in [0.25, 0.3) is 5.91 Å². The second kappa shape index (κ2) is 7.74. The molecule has 0 bridgehead atoms. The summed E-state index contributed by atoms with van der Waals surface area (Å²) in [7, 11) is 0. The van der Waals surface area contributed by atoms with E-state index in [1.165, 1.54) is 6.07 Å². The van der Waals surface area contributed by atoms with Gasteiger partial charge in [0.15, 0.2) is 17.5 Å². The van der Waals surface area contributed by atoms with Crippen LogP contribution in [0.1, 0.15) is 15.9 Å². The molecule has 0 heterocycles. The first-order valence-electron chi connectivity index (χ1n) is 7.77. The number of rotatable bonds is 5. The number of anilines is 1. The Bertz CT molecular complexity index is 930. The molecule has 0 unspecified atom stereocenters. The molecule has 132 valence electrons. The van der Waals surface area contributed by atoms with Crippen LogP contribution in [0, 0.1) is 17.5 Å². The van der Waals surface area contributed by atoms with Crippen LogP contribution in [0.2, 0.25) is 0 Å². The Morgan fingerprint density at radius 1 is 0.846 bits per heavy atom. The summed E-state index contributed by atoms with van der Waals surface area (Å²) in [5.41, 5.74) is 0.372. The lowest BCUT2D eigenvalue weighted by atomic mass is 10.1. The Balaban J connectivity index is 1.79. The Hall–Kier alpha value is -3.28. The topological polar surface area (TPSA) is 38.3 Å². The lowest BCUT2D eigenvalue weighted by molar-refractivity contribution is 0.102. The van der Waals surface area contributed by atoms with Gasteiger partial charge in [-0.25, -0.2) is 13.2 Å². The molecule has 0 aliphatic carbocycles. The molecular formula is C20H14F3NO2. The fraction of sp³-hybridized carbons (Fsp3) is 0.0500. The van der Waals surface area contributed by atoms with E-state index in [1.807, 2.05) is 18.2 Å². The minimum absolute atomic E-state index is 0.119. The normalized spacial score (nSPS) is 10.4. The molecule has 0 atom stereocenters. The summed E-state index contributed by atoms with van der Waals surface area (Å²) in [6.07, 6.45) is 0. The molecule has 0 saturated heterocycles. The van der Waals surface area contributed by atoms with Gasteiger partial charge in [0.05, 0.1) is 5.69 Å². The first kappa shape index (κ1) is 17.5. The SMILES string of the molecule is O=C(Nc1ccc(F)c(F)c1F)c1ccccc1COc1ccccc1.